The summed E-state index contributed by atoms with van der Waals surface area (Å²) in [6.45, 7) is 3.97. The number of hydrogen-bond donors (Lipinski definition) is 1. The van der Waals surface area contributed by atoms with Crippen molar-refractivity contribution in [2.24, 2.45) is 0 Å². The highest BCUT2D eigenvalue weighted by molar-refractivity contribution is 5.97. The Bertz CT molecular complexity index is 329. The third kappa shape index (κ3) is 2.34. The molecule has 1 aromatic rings. The van der Waals surface area contributed by atoms with E-state index < -0.39 is 0 Å². The number of aromatic hydroxyl groups is 1. The van der Waals surface area contributed by atoms with Gasteiger partial charge >= 0.3 is 0 Å². The Labute approximate surface area is 84.6 Å². The molecule has 14 heavy (non-hydrogen) atoms. The fourth-order valence-electron chi connectivity index (χ4n) is 1.51. The van der Waals surface area contributed by atoms with Gasteiger partial charge in [-0.15, -0.1) is 0 Å². The summed E-state index contributed by atoms with van der Waals surface area (Å²) in [6.07, 6.45) is 2.22. The van der Waals surface area contributed by atoms with Crippen molar-refractivity contribution in [2.45, 2.75) is 33.1 Å². The minimum Gasteiger partial charge on any atom is -0.508 e. The molecule has 2 nitrogen and oxygen atoms in total. The predicted octanol–water partition coefficient (Wildman–Crippen LogP) is 2.94. The third-order valence-corrected chi connectivity index (χ3v) is 2.25. The van der Waals surface area contributed by atoms with E-state index in [2.05, 4.69) is 0 Å². The van der Waals surface area contributed by atoms with Crippen molar-refractivity contribution >= 4 is 5.78 Å². The van der Waals surface area contributed by atoms with Gasteiger partial charge in [0.2, 0.25) is 0 Å². The van der Waals surface area contributed by atoms with Crippen LogP contribution in [0, 0.1) is 0 Å². The van der Waals surface area contributed by atoms with Crippen LogP contribution >= 0.6 is 0 Å². The first-order chi connectivity index (χ1) is 6.69. The van der Waals surface area contributed by atoms with Gasteiger partial charge in [0.1, 0.15) is 5.75 Å². The highest BCUT2D eigenvalue weighted by Gasteiger charge is 2.09. The quantitative estimate of drug-likeness (QED) is 0.745. The maximum atomic E-state index is 11.7. The second-order valence-corrected chi connectivity index (χ2v) is 3.37. The summed E-state index contributed by atoms with van der Waals surface area (Å²) >= 11 is 0. The SMILES string of the molecule is CCCC(=O)c1ccc(O)cc1CC. The summed E-state index contributed by atoms with van der Waals surface area (Å²) in [5, 5.41) is 9.27. The molecule has 0 fully saturated rings. The topological polar surface area (TPSA) is 37.3 Å². The molecule has 0 aliphatic carbocycles. The van der Waals surface area contributed by atoms with Crippen molar-refractivity contribution in [1.29, 1.82) is 0 Å². The molecule has 0 saturated heterocycles. The molecule has 0 radical (unpaired) electrons. The van der Waals surface area contributed by atoms with Crippen LogP contribution in [0.4, 0.5) is 0 Å². The zero-order valence-electron chi connectivity index (χ0n) is 8.71. The average molecular weight is 192 g/mol. The standard InChI is InChI=1S/C12H16O2/c1-3-5-12(14)11-7-6-10(13)8-9(11)4-2/h6-8,13H,3-5H2,1-2H3. The first-order valence-corrected chi connectivity index (χ1v) is 5.04. The Morgan fingerprint density at radius 3 is 2.64 bits per heavy atom. The molecular weight excluding hydrogens is 176 g/mol. The Balaban J connectivity index is 3.01. The van der Waals surface area contributed by atoms with Crippen molar-refractivity contribution < 1.29 is 9.90 Å². The smallest absolute Gasteiger partial charge is 0.163 e. The monoisotopic (exact) mass is 192 g/mol. The first-order valence-electron chi connectivity index (χ1n) is 5.04. The molecule has 0 atom stereocenters. The van der Waals surface area contributed by atoms with Gasteiger partial charge in [0.25, 0.3) is 0 Å². The predicted molar refractivity (Wildman–Crippen MR) is 56.7 cm³/mol. The zero-order valence-corrected chi connectivity index (χ0v) is 8.71. The first kappa shape index (κ1) is 10.8. The number of rotatable bonds is 4. The molecule has 2 heteroatoms. The van der Waals surface area contributed by atoms with E-state index in [1.54, 1.807) is 18.2 Å². The van der Waals surface area contributed by atoms with Crippen LogP contribution in [0.2, 0.25) is 0 Å². The van der Waals surface area contributed by atoms with Crippen molar-refractivity contribution in [3.63, 3.8) is 0 Å². The van der Waals surface area contributed by atoms with Crippen LogP contribution in [0.1, 0.15) is 42.6 Å². The van der Waals surface area contributed by atoms with Gasteiger partial charge < -0.3 is 5.11 Å². The molecule has 0 amide bonds. The lowest BCUT2D eigenvalue weighted by Crippen LogP contribution is -2.02. The van der Waals surface area contributed by atoms with E-state index in [0.717, 1.165) is 24.0 Å². The van der Waals surface area contributed by atoms with E-state index in [0.29, 0.717) is 6.42 Å². The molecule has 0 aliphatic heterocycles. The molecule has 1 rings (SSSR count). The molecule has 0 unspecified atom stereocenters. The minimum atomic E-state index is 0.171. The van der Waals surface area contributed by atoms with Crippen molar-refractivity contribution in [2.75, 3.05) is 0 Å². The van der Waals surface area contributed by atoms with Crippen LogP contribution in [0.15, 0.2) is 18.2 Å². The lowest BCUT2D eigenvalue weighted by atomic mass is 9.99. The fraction of sp³-hybridized carbons (Fsp3) is 0.417. The molecule has 0 aromatic heterocycles. The molecule has 0 bridgehead atoms. The summed E-state index contributed by atoms with van der Waals surface area (Å²) in [7, 11) is 0. The molecule has 1 aromatic carbocycles. The van der Waals surface area contributed by atoms with Crippen LogP contribution in [0.3, 0.4) is 0 Å². The number of carbonyl (C=O) groups excluding carboxylic acids is 1. The summed E-state index contributed by atoms with van der Waals surface area (Å²) < 4.78 is 0. The number of benzene rings is 1. The van der Waals surface area contributed by atoms with Gasteiger partial charge in [0.15, 0.2) is 5.78 Å². The van der Waals surface area contributed by atoms with Crippen LogP contribution in [0.5, 0.6) is 5.75 Å². The normalized spacial score (nSPS) is 10.1. The summed E-state index contributed by atoms with van der Waals surface area (Å²) in [5.74, 6) is 0.402. The number of carbonyl (C=O) groups is 1. The van der Waals surface area contributed by atoms with E-state index in [1.807, 2.05) is 13.8 Å². The number of aryl methyl sites for hydroxylation is 1. The number of phenolic OH excluding ortho intramolecular Hbond substituents is 1. The van der Waals surface area contributed by atoms with Gasteiger partial charge in [-0.05, 0) is 36.6 Å². The lowest BCUT2D eigenvalue weighted by Gasteiger charge is -2.06. The molecular formula is C12H16O2. The third-order valence-electron chi connectivity index (χ3n) is 2.25. The Kier molecular flexibility index (Phi) is 3.69. The molecule has 1 N–H and O–H groups in total. The van der Waals surface area contributed by atoms with E-state index in [9.17, 15) is 9.90 Å². The Morgan fingerprint density at radius 2 is 2.07 bits per heavy atom. The van der Waals surface area contributed by atoms with Gasteiger partial charge in [0, 0.05) is 12.0 Å². The van der Waals surface area contributed by atoms with Crippen LogP contribution < -0.4 is 0 Å². The van der Waals surface area contributed by atoms with Gasteiger partial charge in [-0.25, -0.2) is 0 Å². The van der Waals surface area contributed by atoms with Crippen molar-refractivity contribution in [1.82, 2.24) is 0 Å². The number of phenols is 1. The molecule has 0 aliphatic rings. The van der Waals surface area contributed by atoms with Crippen molar-refractivity contribution in [3.8, 4) is 5.75 Å². The van der Waals surface area contributed by atoms with Gasteiger partial charge in [-0.3, -0.25) is 4.79 Å². The van der Waals surface area contributed by atoms with Crippen molar-refractivity contribution in [3.05, 3.63) is 29.3 Å². The van der Waals surface area contributed by atoms with Crippen LogP contribution in [-0.2, 0) is 6.42 Å². The fourth-order valence-corrected chi connectivity index (χ4v) is 1.51. The molecule has 76 valence electrons. The van der Waals surface area contributed by atoms with E-state index in [-0.39, 0.29) is 11.5 Å². The summed E-state index contributed by atoms with van der Waals surface area (Å²) in [4.78, 5) is 11.7. The zero-order chi connectivity index (χ0) is 10.6. The molecule has 0 saturated carbocycles. The van der Waals surface area contributed by atoms with Crippen LogP contribution in [-0.4, -0.2) is 10.9 Å². The number of Topliss-reactive ketones (excluding diaryl/α,β-unsaturated/α-hetero) is 1. The van der Waals surface area contributed by atoms with Gasteiger partial charge in [-0.1, -0.05) is 13.8 Å². The average Bonchev–Trinajstić information content (AvgIpc) is 2.17. The number of hydrogen-bond acceptors (Lipinski definition) is 2. The van der Waals surface area contributed by atoms with Gasteiger partial charge in [-0.2, -0.15) is 0 Å². The van der Waals surface area contributed by atoms with Crippen LogP contribution in [0.25, 0.3) is 0 Å². The molecule has 0 heterocycles. The molecule has 0 spiro atoms. The Morgan fingerprint density at radius 1 is 1.36 bits per heavy atom. The number of ketones is 1. The second kappa shape index (κ2) is 4.80. The second-order valence-electron chi connectivity index (χ2n) is 3.37. The highest BCUT2D eigenvalue weighted by atomic mass is 16.3. The van der Waals surface area contributed by atoms with E-state index >= 15 is 0 Å². The largest absolute Gasteiger partial charge is 0.508 e. The highest BCUT2D eigenvalue weighted by Crippen LogP contribution is 2.19. The Hall–Kier alpha value is -1.31. The lowest BCUT2D eigenvalue weighted by molar-refractivity contribution is 0.0981. The summed E-state index contributed by atoms with van der Waals surface area (Å²) in [6, 6.07) is 4.96. The van der Waals surface area contributed by atoms with E-state index in [1.165, 1.54) is 0 Å². The summed E-state index contributed by atoms with van der Waals surface area (Å²) in [5.41, 5.74) is 1.69. The maximum Gasteiger partial charge on any atom is 0.163 e. The minimum absolute atomic E-state index is 0.171. The maximum absolute atomic E-state index is 11.7. The van der Waals surface area contributed by atoms with Gasteiger partial charge in [0.05, 0.1) is 0 Å². The van der Waals surface area contributed by atoms with E-state index in [4.69, 9.17) is 0 Å².